The average Bonchev–Trinajstić information content (AvgIpc) is 2.72. The van der Waals surface area contributed by atoms with E-state index in [9.17, 15) is 0 Å². The summed E-state index contributed by atoms with van der Waals surface area (Å²) in [5, 5.41) is 1.05. The first-order chi connectivity index (χ1) is 8.22. The standard InChI is InChI=1S/C14H12N2S/c1-9-2-4-10(5-3-9)14-16-12-8-11(15)6-7-13(12)17-14/h2-8H,15H2,1H3. The summed E-state index contributed by atoms with van der Waals surface area (Å²) in [5.74, 6) is 0. The van der Waals surface area contributed by atoms with Crippen molar-refractivity contribution in [2.75, 3.05) is 5.73 Å². The number of anilines is 1. The molecule has 2 aromatic carbocycles. The molecule has 1 aromatic heterocycles. The summed E-state index contributed by atoms with van der Waals surface area (Å²) in [6.07, 6.45) is 0. The minimum atomic E-state index is 0.762. The number of hydrogen-bond donors (Lipinski definition) is 1. The van der Waals surface area contributed by atoms with Crippen LogP contribution in [0.2, 0.25) is 0 Å². The van der Waals surface area contributed by atoms with Gasteiger partial charge in [-0.15, -0.1) is 11.3 Å². The summed E-state index contributed by atoms with van der Waals surface area (Å²) in [6, 6.07) is 14.3. The first-order valence-electron chi connectivity index (χ1n) is 5.45. The zero-order valence-electron chi connectivity index (χ0n) is 9.47. The van der Waals surface area contributed by atoms with E-state index in [1.165, 1.54) is 10.3 Å². The van der Waals surface area contributed by atoms with Crippen LogP contribution in [0.25, 0.3) is 20.8 Å². The number of rotatable bonds is 1. The number of benzene rings is 2. The van der Waals surface area contributed by atoms with Crippen LogP contribution in [-0.2, 0) is 0 Å². The third-order valence-electron chi connectivity index (χ3n) is 2.71. The van der Waals surface area contributed by atoms with Crippen LogP contribution in [-0.4, -0.2) is 4.98 Å². The van der Waals surface area contributed by atoms with Crippen LogP contribution < -0.4 is 5.73 Å². The van der Waals surface area contributed by atoms with Crippen molar-refractivity contribution in [3.8, 4) is 10.6 Å². The zero-order chi connectivity index (χ0) is 11.8. The van der Waals surface area contributed by atoms with Gasteiger partial charge in [0.05, 0.1) is 10.2 Å². The molecule has 0 saturated heterocycles. The largest absolute Gasteiger partial charge is 0.399 e. The van der Waals surface area contributed by atoms with Crippen LogP contribution in [0.1, 0.15) is 5.56 Å². The van der Waals surface area contributed by atoms with Crippen molar-refractivity contribution in [2.45, 2.75) is 6.92 Å². The lowest BCUT2D eigenvalue weighted by molar-refractivity contribution is 1.44. The number of aromatic nitrogens is 1. The highest BCUT2D eigenvalue weighted by Gasteiger charge is 2.05. The first-order valence-corrected chi connectivity index (χ1v) is 6.27. The van der Waals surface area contributed by atoms with E-state index in [2.05, 4.69) is 36.2 Å². The van der Waals surface area contributed by atoms with Gasteiger partial charge >= 0.3 is 0 Å². The van der Waals surface area contributed by atoms with Crippen LogP contribution in [0.4, 0.5) is 5.69 Å². The summed E-state index contributed by atoms with van der Waals surface area (Å²) in [5.41, 5.74) is 9.92. The maximum Gasteiger partial charge on any atom is 0.124 e. The van der Waals surface area contributed by atoms with E-state index in [0.29, 0.717) is 0 Å². The summed E-state index contributed by atoms with van der Waals surface area (Å²) in [7, 11) is 0. The third kappa shape index (κ3) is 1.89. The van der Waals surface area contributed by atoms with Gasteiger partial charge in [-0.05, 0) is 25.1 Å². The fourth-order valence-electron chi connectivity index (χ4n) is 1.76. The Kier molecular flexibility index (Phi) is 2.34. The molecule has 3 heteroatoms. The number of nitrogens with two attached hydrogens (primary N) is 1. The van der Waals surface area contributed by atoms with Gasteiger partial charge in [-0.25, -0.2) is 4.98 Å². The van der Waals surface area contributed by atoms with Gasteiger partial charge in [-0.2, -0.15) is 0 Å². The first kappa shape index (κ1) is 10.3. The molecule has 0 atom stereocenters. The van der Waals surface area contributed by atoms with Gasteiger partial charge in [0.2, 0.25) is 0 Å². The molecule has 3 rings (SSSR count). The van der Waals surface area contributed by atoms with E-state index < -0.39 is 0 Å². The number of aryl methyl sites for hydroxylation is 1. The van der Waals surface area contributed by atoms with E-state index >= 15 is 0 Å². The average molecular weight is 240 g/mol. The van der Waals surface area contributed by atoms with Crippen molar-refractivity contribution in [1.29, 1.82) is 0 Å². The monoisotopic (exact) mass is 240 g/mol. The van der Waals surface area contributed by atoms with Gasteiger partial charge in [-0.3, -0.25) is 0 Å². The number of thiazole rings is 1. The molecule has 17 heavy (non-hydrogen) atoms. The molecule has 0 aliphatic heterocycles. The Morgan fingerprint density at radius 2 is 1.82 bits per heavy atom. The Morgan fingerprint density at radius 3 is 2.59 bits per heavy atom. The lowest BCUT2D eigenvalue weighted by Gasteiger charge is -1.95. The molecule has 3 aromatic rings. The predicted octanol–water partition coefficient (Wildman–Crippen LogP) is 3.85. The predicted molar refractivity (Wildman–Crippen MR) is 74.2 cm³/mol. The SMILES string of the molecule is Cc1ccc(-c2nc3cc(N)ccc3s2)cc1. The summed E-state index contributed by atoms with van der Waals surface area (Å²) in [4.78, 5) is 4.61. The van der Waals surface area contributed by atoms with Gasteiger partial charge in [-0.1, -0.05) is 29.8 Å². The van der Waals surface area contributed by atoms with E-state index in [4.69, 9.17) is 5.73 Å². The van der Waals surface area contributed by atoms with Crippen molar-refractivity contribution in [1.82, 2.24) is 4.98 Å². The molecule has 0 unspecified atom stereocenters. The minimum absolute atomic E-state index is 0.762. The molecule has 0 fully saturated rings. The van der Waals surface area contributed by atoms with Crippen molar-refractivity contribution >= 4 is 27.2 Å². The Bertz CT molecular complexity index is 668. The molecule has 0 radical (unpaired) electrons. The topological polar surface area (TPSA) is 38.9 Å². The van der Waals surface area contributed by atoms with Gasteiger partial charge in [0.15, 0.2) is 0 Å². The van der Waals surface area contributed by atoms with E-state index in [-0.39, 0.29) is 0 Å². The second kappa shape index (κ2) is 3.86. The van der Waals surface area contributed by atoms with E-state index in [1.54, 1.807) is 11.3 Å². The Hall–Kier alpha value is -1.87. The molecule has 2 nitrogen and oxygen atoms in total. The van der Waals surface area contributed by atoms with Crippen molar-refractivity contribution in [2.24, 2.45) is 0 Å². The molecular weight excluding hydrogens is 228 g/mol. The summed E-state index contributed by atoms with van der Waals surface area (Å²) < 4.78 is 1.18. The molecule has 0 amide bonds. The molecule has 0 saturated carbocycles. The van der Waals surface area contributed by atoms with Crippen LogP contribution in [0.15, 0.2) is 42.5 Å². The third-order valence-corrected chi connectivity index (χ3v) is 3.80. The summed E-state index contributed by atoms with van der Waals surface area (Å²) in [6.45, 7) is 2.09. The van der Waals surface area contributed by atoms with Crippen molar-refractivity contribution in [3.63, 3.8) is 0 Å². The number of nitrogens with zero attached hydrogens (tertiary/aromatic N) is 1. The summed E-state index contributed by atoms with van der Waals surface area (Å²) >= 11 is 1.70. The van der Waals surface area contributed by atoms with Gasteiger partial charge in [0.25, 0.3) is 0 Å². The highest BCUT2D eigenvalue weighted by atomic mass is 32.1. The Morgan fingerprint density at radius 1 is 1.06 bits per heavy atom. The second-order valence-electron chi connectivity index (χ2n) is 4.11. The molecule has 84 valence electrons. The maximum atomic E-state index is 5.76. The van der Waals surface area contributed by atoms with Crippen LogP contribution >= 0.6 is 11.3 Å². The van der Waals surface area contributed by atoms with Crippen LogP contribution in [0.5, 0.6) is 0 Å². The van der Waals surface area contributed by atoms with Gasteiger partial charge in [0.1, 0.15) is 5.01 Å². The molecule has 1 heterocycles. The Balaban J connectivity index is 2.14. The minimum Gasteiger partial charge on any atom is -0.399 e. The lowest BCUT2D eigenvalue weighted by Crippen LogP contribution is -1.82. The van der Waals surface area contributed by atoms with Crippen LogP contribution in [0.3, 0.4) is 0 Å². The molecule has 0 aliphatic carbocycles. The highest BCUT2D eigenvalue weighted by Crippen LogP contribution is 2.31. The number of hydrogen-bond acceptors (Lipinski definition) is 3. The zero-order valence-corrected chi connectivity index (χ0v) is 10.3. The maximum absolute atomic E-state index is 5.76. The number of nitrogen functional groups attached to an aromatic ring is 1. The Labute approximate surface area is 104 Å². The normalized spacial score (nSPS) is 10.9. The highest BCUT2D eigenvalue weighted by molar-refractivity contribution is 7.21. The van der Waals surface area contributed by atoms with E-state index in [1.807, 2.05) is 18.2 Å². The second-order valence-corrected chi connectivity index (χ2v) is 5.14. The molecule has 0 aliphatic rings. The van der Waals surface area contributed by atoms with Gasteiger partial charge < -0.3 is 5.73 Å². The quantitative estimate of drug-likeness (QED) is 0.656. The molecule has 0 spiro atoms. The van der Waals surface area contributed by atoms with Crippen molar-refractivity contribution < 1.29 is 0 Å². The fourth-order valence-corrected chi connectivity index (χ4v) is 2.72. The van der Waals surface area contributed by atoms with Crippen LogP contribution in [0, 0.1) is 6.92 Å². The fraction of sp³-hybridized carbons (Fsp3) is 0.0714. The number of fused-ring (bicyclic) bond motifs is 1. The molecule has 2 N–H and O–H groups in total. The van der Waals surface area contributed by atoms with E-state index in [0.717, 1.165) is 21.8 Å². The molecule has 0 bridgehead atoms. The smallest absolute Gasteiger partial charge is 0.124 e. The lowest BCUT2D eigenvalue weighted by atomic mass is 10.2. The van der Waals surface area contributed by atoms with Gasteiger partial charge in [0, 0.05) is 11.3 Å². The molecular formula is C14H12N2S. The van der Waals surface area contributed by atoms with Crippen molar-refractivity contribution in [3.05, 3.63) is 48.0 Å².